The van der Waals surface area contributed by atoms with E-state index in [2.05, 4.69) is 24.0 Å². The van der Waals surface area contributed by atoms with Gasteiger partial charge in [0, 0.05) is 5.75 Å². The highest BCUT2D eigenvalue weighted by Gasteiger charge is 2.08. The van der Waals surface area contributed by atoms with Gasteiger partial charge in [0.05, 0.1) is 32.1 Å². The summed E-state index contributed by atoms with van der Waals surface area (Å²) >= 11 is 1.15. The fraction of sp³-hybridized carbons (Fsp3) is 0.700. The fourth-order valence-electron chi connectivity index (χ4n) is 1.52. The molecule has 1 heterocycles. The molecule has 96 valence electrons. The summed E-state index contributed by atoms with van der Waals surface area (Å²) in [5.41, 5.74) is 0. The van der Waals surface area contributed by atoms with E-state index in [4.69, 9.17) is 0 Å². The number of nitrogens with one attached hydrogen (secondary N) is 1. The first-order valence-corrected chi connectivity index (χ1v) is 6.69. The minimum absolute atomic E-state index is 0.0865. The zero-order valence-corrected chi connectivity index (χ0v) is 11.0. The van der Waals surface area contributed by atoms with E-state index in [-0.39, 0.29) is 5.75 Å². The lowest BCUT2D eigenvalue weighted by atomic mass is 10.4. The molecule has 0 aliphatic carbocycles. The van der Waals surface area contributed by atoms with Crippen LogP contribution in [-0.2, 0) is 11.3 Å². The maximum absolute atomic E-state index is 10.4. The van der Waals surface area contributed by atoms with E-state index in [1.807, 2.05) is 4.57 Å². The van der Waals surface area contributed by atoms with Gasteiger partial charge in [0.1, 0.15) is 6.33 Å². The van der Waals surface area contributed by atoms with Crippen molar-refractivity contribution in [2.75, 3.05) is 25.4 Å². The number of carbonyl (C=O) groups excluding carboxylic acids is 1. The molecule has 0 aliphatic heterocycles. The van der Waals surface area contributed by atoms with Crippen molar-refractivity contribution in [3.8, 4) is 0 Å². The van der Waals surface area contributed by atoms with Crippen LogP contribution in [0.4, 0.5) is 0 Å². The second-order valence-corrected chi connectivity index (χ2v) is 4.62. The van der Waals surface area contributed by atoms with Gasteiger partial charge in [0.15, 0.2) is 5.16 Å². The first-order valence-electron chi connectivity index (χ1n) is 5.71. The zero-order valence-electron chi connectivity index (χ0n) is 10.2. The molecule has 1 aromatic heterocycles. The standard InChI is InChI=1S/C10H18N4O2S/c1-3-13(4-2)5-6-14-8-11-12-10(14)17-7-9(15)16/h8H,3-7H2,1-2H3,(H,15,16). The molecule has 6 nitrogen and oxygen atoms in total. The summed E-state index contributed by atoms with van der Waals surface area (Å²) < 4.78 is 1.89. The Kier molecular flexibility index (Phi) is 5.99. The Morgan fingerprint density at radius 3 is 2.82 bits per heavy atom. The molecule has 0 fully saturated rings. The highest BCUT2D eigenvalue weighted by atomic mass is 32.2. The van der Waals surface area contributed by atoms with Gasteiger partial charge in [-0.1, -0.05) is 11.8 Å². The molecular weight excluding hydrogens is 240 g/mol. The minimum atomic E-state index is -1.08. The number of quaternary nitrogens is 1. The van der Waals surface area contributed by atoms with Crippen LogP contribution in [0.5, 0.6) is 0 Å². The molecular formula is C10H18N4O2S. The van der Waals surface area contributed by atoms with Crippen LogP contribution in [0.3, 0.4) is 0 Å². The SMILES string of the molecule is CC[NH+](CC)CCn1cnnc1SCC(=O)[O-]. The Morgan fingerprint density at radius 1 is 1.53 bits per heavy atom. The van der Waals surface area contributed by atoms with Crippen LogP contribution in [0, 0.1) is 0 Å². The predicted octanol–water partition coefficient (Wildman–Crippen LogP) is -1.96. The second-order valence-electron chi connectivity index (χ2n) is 3.67. The number of carbonyl (C=O) groups is 1. The van der Waals surface area contributed by atoms with Crippen LogP contribution < -0.4 is 10.0 Å². The highest BCUT2D eigenvalue weighted by molar-refractivity contribution is 7.99. The van der Waals surface area contributed by atoms with E-state index < -0.39 is 5.97 Å². The van der Waals surface area contributed by atoms with Crippen LogP contribution in [0.15, 0.2) is 11.5 Å². The number of aliphatic carboxylic acids is 1. The topological polar surface area (TPSA) is 75.3 Å². The van der Waals surface area contributed by atoms with Gasteiger partial charge in [0.2, 0.25) is 0 Å². The summed E-state index contributed by atoms with van der Waals surface area (Å²) in [6.45, 7) is 8.26. The smallest absolute Gasteiger partial charge is 0.191 e. The molecule has 0 bridgehead atoms. The fourth-order valence-corrected chi connectivity index (χ4v) is 2.17. The monoisotopic (exact) mass is 258 g/mol. The molecule has 0 unspecified atom stereocenters. The highest BCUT2D eigenvalue weighted by Crippen LogP contribution is 2.13. The number of carboxylic acid groups (broad SMARTS) is 1. The van der Waals surface area contributed by atoms with Gasteiger partial charge < -0.3 is 19.4 Å². The average molecular weight is 258 g/mol. The molecule has 1 rings (SSSR count). The number of hydrogen-bond donors (Lipinski definition) is 1. The normalized spacial score (nSPS) is 11.0. The minimum Gasteiger partial charge on any atom is -0.549 e. The number of nitrogens with zero attached hydrogens (tertiary/aromatic N) is 3. The largest absolute Gasteiger partial charge is 0.549 e. The maximum Gasteiger partial charge on any atom is 0.191 e. The van der Waals surface area contributed by atoms with Crippen molar-refractivity contribution >= 4 is 17.7 Å². The van der Waals surface area contributed by atoms with Crippen molar-refractivity contribution in [3.05, 3.63) is 6.33 Å². The number of thioether (sulfide) groups is 1. The van der Waals surface area contributed by atoms with Gasteiger partial charge in [-0.15, -0.1) is 10.2 Å². The number of likely N-dealkylation sites (N-methyl/N-ethyl adjacent to an activating group) is 1. The molecule has 0 atom stereocenters. The molecule has 0 aromatic carbocycles. The lowest BCUT2D eigenvalue weighted by Crippen LogP contribution is -3.11. The molecule has 0 saturated heterocycles. The summed E-state index contributed by atoms with van der Waals surface area (Å²) in [4.78, 5) is 11.9. The molecule has 7 heteroatoms. The quantitative estimate of drug-likeness (QED) is 0.548. The molecule has 0 aliphatic rings. The molecule has 0 spiro atoms. The lowest BCUT2D eigenvalue weighted by molar-refractivity contribution is -0.897. The molecule has 0 saturated carbocycles. The van der Waals surface area contributed by atoms with E-state index in [9.17, 15) is 9.90 Å². The molecule has 1 N–H and O–H groups in total. The van der Waals surface area contributed by atoms with Crippen molar-refractivity contribution < 1.29 is 14.8 Å². The van der Waals surface area contributed by atoms with Gasteiger partial charge in [-0.2, -0.15) is 0 Å². The molecule has 0 amide bonds. The Hall–Kier alpha value is -1.08. The van der Waals surface area contributed by atoms with Gasteiger partial charge >= 0.3 is 0 Å². The third-order valence-electron chi connectivity index (χ3n) is 2.61. The van der Waals surface area contributed by atoms with E-state index in [0.717, 1.165) is 37.9 Å². The predicted molar refractivity (Wildman–Crippen MR) is 62.7 cm³/mol. The summed E-state index contributed by atoms with van der Waals surface area (Å²) in [6, 6.07) is 0. The lowest BCUT2D eigenvalue weighted by Gasteiger charge is -2.15. The van der Waals surface area contributed by atoms with Crippen LogP contribution in [0.2, 0.25) is 0 Å². The van der Waals surface area contributed by atoms with Crippen LogP contribution in [0.25, 0.3) is 0 Å². The number of hydrogen-bond acceptors (Lipinski definition) is 5. The van der Waals surface area contributed by atoms with Gasteiger partial charge in [-0.3, -0.25) is 0 Å². The van der Waals surface area contributed by atoms with Crippen LogP contribution in [-0.4, -0.2) is 46.1 Å². The van der Waals surface area contributed by atoms with Crippen molar-refractivity contribution in [1.29, 1.82) is 0 Å². The van der Waals surface area contributed by atoms with Crippen molar-refractivity contribution in [2.45, 2.75) is 25.5 Å². The average Bonchev–Trinajstić information content (AvgIpc) is 2.75. The third-order valence-corrected chi connectivity index (χ3v) is 3.56. The first-order chi connectivity index (χ1) is 8.17. The third kappa shape index (κ3) is 4.74. The summed E-state index contributed by atoms with van der Waals surface area (Å²) in [7, 11) is 0. The van der Waals surface area contributed by atoms with E-state index >= 15 is 0 Å². The van der Waals surface area contributed by atoms with E-state index in [0.29, 0.717) is 5.16 Å². The Bertz CT molecular complexity index is 352. The van der Waals surface area contributed by atoms with E-state index in [1.54, 1.807) is 6.33 Å². The van der Waals surface area contributed by atoms with Crippen LogP contribution in [0.1, 0.15) is 13.8 Å². The summed E-state index contributed by atoms with van der Waals surface area (Å²) in [5.74, 6) is -1.17. The number of carboxylic acids is 1. The molecule has 17 heavy (non-hydrogen) atoms. The van der Waals surface area contributed by atoms with Gasteiger partial charge in [-0.25, -0.2) is 0 Å². The second kappa shape index (κ2) is 7.29. The molecule has 0 radical (unpaired) electrons. The van der Waals surface area contributed by atoms with E-state index in [1.165, 1.54) is 4.90 Å². The zero-order chi connectivity index (χ0) is 12.7. The first kappa shape index (κ1) is 14.0. The Balaban J connectivity index is 2.47. The van der Waals surface area contributed by atoms with Crippen molar-refractivity contribution in [1.82, 2.24) is 14.8 Å². The number of aromatic nitrogens is 3. The Labute approximate surface area is 105 Å². The molecule has 1 aromatic rings. The van der Waals surface area contributed by atoms with Gasteiger partial charge in [-0.05, 0) is 13.8 Å². The summed E-state index contributed by atoms with van der Waals surface area (Å²) in [5, 5.41) is 18.7. The summed E-state index contributed by atoms with van der Waals surface area (Å²) in [6.07, 6.45) is 1.64. The maximum atomic E-state index is 10.4. The van der Waals surface area contributed by atoms with Gasteiger partial charge in [0.25, 0.3) is 0 Å². The van der Waals surface area contributed by atoms with Crippen molar-refractivity contribution in [2.24, 2.45) is 0 Å². The number of rotatable bonds is 8. The van der Waals surface area contributed by atoms with Crippen molar-refractivity contribution in [3.63, 3.8) is 0 Å². The Morgan fingerprint density at radius 2 is 2.24 bits per heavy atom. The van der Waals surface area contributed by atoms with Crippen LogP contribution >= 0.6 is 11.8 Å².